The Kier molecular flexibility index (Phi) is 4.02. The Balaban J connectivity index is 1.57. The monoisotopic (exact) mass is 268 g/mol. The van der Waals surface area contributed by atoms with E-state index in [0.29, 0.717) is 5.92 Å². The zero-order valence-electron chi connectivity index (χ0n) is 11.9. The number of rotatable bonds is 3. The van der Waals surface area contributed by atoms with Crippen molar-refractivity contribution in [2.75, 3.05) is 13.1 Å². The highest BCUT2D eigenvalue weighted by Crippen LogP contribution is 2.26. The number of aromatic nitrogens is 3. The van der Waals surface area contributed by atoms with E-state index in [2.05, 4.69) is 32.0 Å². The number of hydrogen-bond acceptors (Lipinski definition) is 4. The molecule has 1 aliphatic rings. The Labute approximate surface area is 119 Å². The van der Waals surface area contributed by atoms with Crippen LogP contribution >= 0.6 is 0 Å². The van der Waals surface area contributed by atoms with E-state index in [1.54, 1.807) is 0 Å². The maximum Gasteiger partial charge on any atom is 0.0621 e. The first-order chi connectivity index (χ1) is 9.81. The van der Waals surface area contributed by atoms with Gasteiger partial charge in [-0.1, -0.05) is 6.07 Å². The summed E-state index contributed by atoms with van der Waals surface area (Å²) in [7, 11) is 0. The van der Waals surface area contributed by atoms with E-state index in [4.69, 9.17) is 0 Å². The van der Waals surface area contributed by atoms with Crippen molar-refractivity contribution in [2.45, 2.75) is 32.2 Å². The van der Waals surface area contributed by atoms with Crippen molar-refractivity contribution in [3.8, 4) is 0 Å². The highest BCUT2D eigenvalue weighted by atomic mass is 15.1. The molecule has 0 spiro atoms. The van der Waals surface area contributed by atoms with Gasteiger partial charge in [-0.05, 0) is 45.0 Å². The normalized spacial score (nSPS) is 17.2. The van der Waals surface area contributed by atoms with E-state index in [1.165, 1.54) is 0 Å². The summed E-state index contributed by atoms with van der Waals surface area (Å²) >= 11 is 0. The largest absolute Gasteiger partial charge is 0.297 e. The SMILES string of the molecule is Cc1cncc(C2CCN(Cc3ccccn3)CC2)n1. The molecule has 104 valence electrons. The Morgan fingerprint density at radius 2 is 2.05 bits per heavy atom. The minimum Gasteiger partial charge on any atom is -0.297 e. The summed E-state index contributed by atoms with van der Waals surface area (Å²) < 4.78 is 0. The zero-order chi connectivity index (χ0) is 13.8. The molecule has 0 N–H and O–H groups in total. The quantitative estimate of drug-likeness (QED) is 0.858. The minimum absolute atomic E-state index is 0.558. The molecule has 2 aromatic heterocycles. The molecule has 0 saturated carbocycles. The van der Waals surface area contributed by atoms with Crippen LogP contribution in [0, 0.1) is 6.92 Å². The third-order valence-electron chi connectivity index (χ3n) is 3.89. The predicted octanol–water partition coefficient (Wildman–Crippen LogP) is 2.56. The fourth-order valence-electron chi connectivity index (χ4n) is 2.79. The van der Waals surface area contributed by atoms with Crippen LogP contribution in [0.15, 0.2) is 36.8 Å². The van der Waals surface area contributed by atoms with E-state index in [1.807, 2.05) is 31.6 Å². The fourth-order valence-corrected chi connectivity index (χ4v) is 2.79. The second-order valence-corrected chi connectivity index (χ2v) is 5.46. The lowest BCUT2D eigenvalue weighted by atomic mass is 9.93. The number of piperidine rings is 1. The van der Waals surface area contributed by atoms with Gasteiger partial charge in [-0.2, -0.15) is 0 Å². The van der Waals surface area contributed by atoms with Crippen LogP contribution in [0.5, 0.6) is 0 Å². The second kappa shape index (κ2) is 6.09. The molecule has 2 aromatic rings. The maximum absolute atomic E-state index is 4.61. The zero-order valence-corrected chi connectivity index (χ0v) is 11.9. The van der Waals surface area contributed by atoms with Crippen LogP contribution < -0.4 is 0 Å². The smallest absolute Gasteiger partial charge is 0.0621 e. The molecule has 0 bridgehead atoms. The van der Waals surface area contributed by atoms with Crippen LogP contribution in [0.4, 0.5) is 0 Å². The first-order valence-electron chi connectivity index (χ1n) is 7.22. The molecule has 0 unspecified atom stereocenters. The van der Waals surface area contributed by atoms with Crippen molar-refractivity contribution in [1.29, 1.82) is 0 Å². The topological polar surface area (TPSA) is 41.9 Å². The number of nitrogens with zero attached hydrogens (tertiary/aromatic N) is 4. The fraction of sp³-hybridized carbons (Fsp3) is 0.438. The van der Waals surface area contributed by atoms with Crippen molar-refractivity contribution < 1.29 is 0 Å². The molecule has 1 saturated heterocycles. The minimum atomic E-state index is 0.558. The summed E-state index contributed by atoms with van der Waals surface area (Å²) in [6.07, 6.45) is 7.92. The number of likely N-dealkylation sites (tertiary alicyclic amines) is 1. The van der Waals surface area contributed by atoms with Crippen molar-refractivity contribution >= 4 is 0 Å². The molecule has 0 aromatic carbocycles. The molecule has 1 aliphatic heterocycles. The molecular formula is C16H20N4. The van der Waals surface area contributed by atoms with E-state index >= 15 is 0 Å². The van der Waals surface area contributed by atoms with Gasteiger partial charge in [-0.25, -0.2) is 0 Å². The highest BCUT2D eigenvalue weighted by molar-refractivity contribution is 5.09. The number of pyridine rings is 1. The summed E-state index contributed by atoms with van der Waals surface area (Å²) in [6, 6.07) is 6.11. The molecule has 3 rings (SSSR count). The van der Waals surface area contributed by atoms with Crippen molar-refractivity contribution in [1.82, 2.24) is 19.9 Å². The number of hydrogen-bond donors (Lipinski definition) is 0. The number of aryl methyl sites for hydroxylation is 1. The van der Waals surface area contributed by atoms with Gasteiger partial charge >= 0.3 is 0 Å². The van der Waals surface area contributed by atoms with E-state index in [-0.39, 0.29) is 0 Å². The standard InChI is InChI=1S/C16H20N4/c1-13-10-17-11-16(19-13)14-5-8-20(9-6-14)12-15-4-2-3-7-18-15/h2-4,7,10-11,14H,5-6,8-9,12H2,1H3. The predicted molar refractivity (Wildman–Crippen MR) is 78.3 cm³/mol. The van der Waals surface area contributed by atoms with Crippen molar-refractivity contribution in [3.63, 3.8) is 0 Å². The lowest BCUT2D eigenvalue weighted by Gasteiger charge is -2.31. The van der Waals surface area contributed by atoms with Gasteiger partial charge < -0.3 is 0 Å². The molecule has 4 heteroatoms. The van der Waals surface area contributed by atoms with Crippen LogP contribution in [-0.4, -0.2) is 32.9 Å². The summed E-state index contributed by atoms with van der Waals surface area (Å²) in [5.41, 5.74) is 3.32. The van der Waals surface area contributed by atoms with Gasteiger partial charge in [0.2, 0.25) is 0 Å². The van der Waals surface area contributed by atoms with Gasteiger partial charge in [0.25, 0.3) is 0 Å². The average Bonchev–Trinajstić information content (AvgIpc) is 2.49. The van der Waals surface area contributed by atoms with Crippen LogP contribution in [0.2, 0.25) is 0 Å². The van der Waals surface area contributed by atoms with Gasteiger partial charge in [-0.15, -0.1) is 0 Å². The maximum atomic E-state index is 4.61. The van der Waals surface area contributed by atoms with Gasteiger partial charge in [0.15, 0.2) is 0 Å². The van der Waals surface area contributed by atoms with E-state index in [0.717, 1.165) is 49.6 Å². The Morgan fingerprint density at radius 1 is 1.20 bits per heavy atom. The molecule has 20 heavy (non-hydrogen) atoms. The summed E-state index contributed by atoms with van der Waals surface area (Å²) in [4.78, 5) is 15.7. The van der Waals surface area contributed by atoms with Crippen LogP contribution in [0.25, 0.3) is 0 Å². The van der Waals surface area contributed by atoms with Crippen molar-refractivity contribution in [3.05, 3.63) is 53.9 Å². The van der Waals surface area contributed by atoms with Gasteiger partial charge in [0.1, 0.15) is 0 Å². The highest BCUT2D eigenvalue weighted by Gasteiger charge is 2.22. The second-order valence-electron chi connectivity index (χ2n) is 5.46. The van der Waals surface area contributed by atoms with Crippen LogP contribution in [-0.2, 0) is 6.54 Å². The third-order valence-corrected chi connectivity index (χ3v) is 3.89. The van der Waals surface area contributed by atoms with Gasteiger partial charge in [-0.3, -0.25) is 19.9 Å². The van der Waals surface area contributed by atoms with Crippen LogP contribution in [0.1, 0.15) is 35.8 Å². The third kappa shape index (κ3) is 3.20. The Bertz CT molecular complexity index is 547. The first kappa shape index (κ1) is 13.2. The molecule has 1 fully saturated rings. The molecule has 4 nitrogen and oxygen atoms in total. The molecule has 0 aliphatic carbocycles. The average molecular weight is 268 g/mol. The van der Waals surface area contributed by atoms with Crippen molar-refractivity contribution in [2.24, 2.45) is 0 Å². The molecule has 0 atom stereocenters. The van der Waals surface area contributed by atoms with Gasteiger partial charge in [0, 0.05) is 31.1 Å². The lowest BCUT2D eigenvalue weighted by Crippen LogP contribution is -2.33. The molecule has 0 amide bonds. The van der Waals surface area contributed by atoms with Crippen LogP contribution in [0.3, 0.4) is 0 Å². The van der Waals surface area contributed by atoms with E-state index < -0.39 is 0 Å². The Hall–Kier alpha value is -1.81. The first-order valence-corrected chi connectivity index (χ1v) is 7.22. The Morgan fingerprint density at radius 3 is 2.75 bits per heavy atom. The molecule has 3 heterocycles. The molecular weight excluding hydrogens is 248 g/mol. The summed E-state index contributed by atoms with van der Waals surface area (Å²) in [5.74, 6) is 0.558. The van der Waals surface area contributed by atoms with E-state index in [9.17, 15) is 0 Å². The summed E-state index contributed by atoms with van der Waals surface area (Å²) in [6.45, 7) is 5.17. The molecule has 0 radical (unpaired) electrons. The summed E-state index contributed by atoms with van der Waals surface area (Å²) in [5, 5.41) is 0. The lowest BCUT2D eigenvalue weighted by molar-refractivity contribution is 0.201. The van der Waals surface area contributed by atoms with Gasteiger partial charge in [0.05, 0.1) is 17.1 Å².